The minimum Gasteiger partial charge on any atom is -0.329 e. The Morgan fingerprint density at radius 2 is 1.94 bits per heavy atom. The van der Waals surface area contributed by atoms with Gasteiger partial charge in [-0.05, 0) is 34.9 Å². The fourth-order valence-electron chi connectivity index (χ4n) is 3.85. The van der Waals surface area contributed by atoms with Gasteiger partial charge in [0.2, 0.25) is 17.7 Å². The molecule has 0 aromatic heterocycles. The number of urea groups is 1. The Labute approximate surface area is 179 Å². The van der Waals surface area contributed by atoms with Crippen LogP contribution >= 0.6 is 0 Å². The van der Waals surface area contributed by atoms with Crippen molar-refractivity contribution in [3.63, 3.8) is 0 Å². The molecule has 2 heterocycles. The number of hydrogen-bond donors (Lipinski definition) is 2. The molecule has 2 aliphatic heterocycles. The monoisotopic (exact) mass is 418 g/mol. The average molecular weight is 418 g/mol. The highest BCUT2D eigenvalue weighted by Gasteiger charge is 2.29. The second-order valence-electron chi connectivity index (χ2n) is 7.48. The Morgan fingerprint density at radius 3 is 2.68 bits per heavy atom. The van der Waals surface area contributed by atoms with E-state index < -0.39 is 12.1 Å². The molecule has 8 nitrogen and oxygen atoms in total. The van der Waals surface area contributed by atoms with Gasteiger partial charge in [-0.3, -0.25) is 19.3 Å². The molecule has 4 rings (SSSR count). The van der Waals surface area contributed by atoms with E-state index >= 15 is 0 Å². The highest BCUT2D eigenvalue weighted by atomic mass is 16.2. The van der Waals surface area contributed by atoms with Crippen LogP contribution in [0.1, 0.15) is 36.1 Å². The summed E-state index contributed by atoms with van der Waals surface area (Å²) in [7, 11) is 0. The molecular formula is C23H22N4O4. The molecule has 0 saturated carbocycles. The van der Waals surface area contributed by atoms with Gasteiger partial charge in [0.15, 0.2) is 0 Å². The molecule has 2 aliphatic rings. The third-order valence-electron chi connectivity index (χ3n) is 5.34. The topological polar surface area (TPSA) is 98.8 Å². The predicted molar refractivity (Wildman–Crippen MR) is 114 cm³/mol. The van der Waals surface area contributed by atoms with Crippen molar-refractivity contribution < 1.29 is 19.2 Å². The summed E-state index contributed by atoms with van der Waals surface area (Å²) >= 11 is 0. The highest BCUT2D eigenvalue weighted by molar-refractivity contribution is 6.01. The average Bonchev–Trinajstić information content (AvgIpc) is 3.06. The summed E-state index contributed by atoms with van der Waals surface area (Å²) in [5, 5.41) is 5.35. The van der Waals surface area contributed by atoms with Crippen LogP contribution in [0, 0.1) is 0 Å². The van der Waals surface area contributed by atoms with E-state index in [4.69, 9.17) is 0 Å². The van der Waals surface area contributed by atoms with E-state index in [1.807, 2.05) is 30.3 Å². The zero-order valence-electron chi connectivity index (χ0n) is 17.0. The predicted octanol–water partition coefficient (Wildman–Crippen LogP) is 2.64. The first kappa shape index (κ1) is 20.3. The molecule has 0 unspecified atom stereocenters. The molecule has 5 amide bonds. The lowest BCUT2D eigenvalue weighted by molar-refractivity contribution is -0.129. The molecule has 2 aromatic carbocycles. The molecule has 31 heavy (non-hydrogen) atoms. The van der Waals surface area contributed by atoms with Gasteiger partial charge in [0.25, 0.3) is 0 Å². The number of imide groups is 1. The number of nitrogens with one attached hydrogen (secondary N) is 2. The SMILES string of the molecule is CC(=O)N1C=Cc2ccccc2[C@H]1CC(=O)Nc1cccc(CN2C(=O)CNC2=O)c1. The van der Waals surface area contributed by atoms with Crippen molar-refractivity contribution in [3.8, 4) is 0 Å². The van der Waals surface area contributed by atoms with Crippen molar-refractivity contribution >= 4 is 35.5 Å². The molecule has 1 fully saturated rings. The van der Waals surface area contributed by atoms with Crippen molar-refractivity contribution in [2.75, 3.05) is 11.9 Å². The van der Waals surface area contributed by atoms with E-state index in [0.29, 0.717) is 5.69 Å². The maximum atomic E-state index is 12.8. The second kappa shape index (κ2) is 8.43. The number of benzene rings is 2. The first-order valence-electron chi connectivity index (χ1n) is 9.95. The van der Waals surface area contributed by atoms with Crippen LogP contribution in [0.25, 0.3) is 6.08 Å². The van der Waals surface area contributed by atoms with Gasteiger partial charge in [-0.1, -0.05) is 36.4 Å². The quantitative estimate of drug-likeness (QED) is 0.730. The zero-order valence-corrected chi connectivity index (χ0v) is 17.0. The molecular weight excluding hydrogens is 396 g/mol. The number of carbonyl (C=O) groups excluding carboxylic acids is 4. The number of carbonyl (C=O) groups is 4. The van der Waals surface area contributed by atoms with E-state index in [1.165, 1.54) is 6.92 Å². The minimum atomic E-state index is -0.423. The fraction of sp³-hybridized carbons (Fsp3) is 0.217. The number of amides is 5. The molecule has 1 atom stereocenters. The van der Waals surface area contributed by atoms with Gasteiger partial charge in [0, 0.05) is 18.8 Å². The molecule has 2 N–H and O–H groups in total. The Hall–Kier alpha value is -3.94. The van der Waals surface area contributed by atoms with Crippen molar-refractivity contribution in [1.82, 2.24) is 15.1 Å². The molecule has 0 radical (unpaired) electrons. The maximum Gasteiger partial charge on any atom is 0.324 e. The lowest BCUT2D eigenvalue weighted by atomic mass is 9.93. The smallest absolute Gasteiger partial charge is 0.324 e. The van der Waals surface area contributed by atoms with Gasteiger partial charge < -0.3 is 15.5 Å². The summed E-state index contributed by atoms with van der Waals surface area (Å²) in [6.07, 6.45) is 3.67. The first-order chi connectivity index (χ1) is 14.9. The standard InChI is InChI=1S/C23H22N4O4/c1-15(28)26-10-9-17-6-2-3-8-19(17)20(26)12-21(29)25-18-7-4-5-16(11-18)14-27-22(30)13-24-23(27)31/h2-11,20H,12-14H2,1H3,(H,24,31)(H,25,29)/t20-/m1/s1. The summed E-state index contributed by atoms with van der Waals surface area (Å²) in [6, 6.07) is 13.9. The lowest BCUT2D eigenvalue weighted by Gasteiger charge is -2.32. The van der Waals surface area contributed by atoms with E-state index in [2.05, 4.69) is 10.6 Å². The zero-order chi connectivity index (χ0) is 22.0. The summed E-state index contributed by atoms with van der Waals surface area (Å²) in [5.41, 5.74) is 3.18. The summed E-state index contributed by atoms with van der Waals surface area (Å²) in [4.78, 5) is 51.2. The van der Waals surface area contributed by atoms with E-state index in [1.54, 1.807) is 35.4 Å². The molecule has 0 bridgehead atoms. The third-order valence-corrected chi connectivity index (χ3v) is 5.34. The summed E-state index contributed by atoms with van der Waals surface area (Å²) < 4.78 is 0. The van der Waals surface area contributed by atoms with E-state index in [-0.39, 0.29) is 37.2 Å². The molecule has 2 aromatic rings. The van der Waals surface area contributed by atoms with Crippen molar-refractivity contribution in [3.05, 3.63) is 71.4 Å². The molecule has 158 valence electrons. The van der Waals surface area contributed by atoms with Crippen LogP contribution in [0.4, 0.5) is 10.5 Å². The fourth-order valence-corrected chi connectivity index (χ4v) is 3.85. The van der Waals surface area contributed by atoms with Crippen LogP contribution in [-0.4, -0.2) is 40.1 Å². The second-order valence-corrected chi connectivity index (χ2v) is 7.48. The highest BCUT2D eigenvalue weighted by Crippen LogP contribution is 2.33. The van der Waals surface area contributed by atoms with Crippen LogP contribution in [0.3, 0.4) is 0 Å². The van der Waals surface area contributed by atoms with Crippen LogP contribution in [0.5, 0.6) is 0 Å². The first-order valence-corrected chi connectivity index (χ1v) is 9.95. The maximum absolute atomic E-state index is 12.8. The van der Waals surface area contributed by atoms with Crippen molar-refractivity contribution in [2.24, 2.45) is 0 Å². The number of anilines is 1. The van der Waals surface area contributed by atoms with Crippen LogP contribution < -0.4 is 10.6 Å². The lowest BCUT2D eigenvalue weighted by Crippen LogP contribution is -2.33. The number of fused-ring (bicyclic) bond motifs is 1. The van der Waals surface area contributed by atoms with Gasteiger partial charge in [0.05, 0.1) is 25.6 Å². The van der Waals surface area contributed by atoms with Gasteiger partial charge in [-0.25, -0.2) is 4.79 Å². The van der Waals surface area contributed by atoms with Crippen LogP contribution in [0.2, 0.25) is 0 Å². The number of nitrogens with zero attached hydrogens (tertiary/aromatic N) is 2. The molecule has 0 spiro atoms. The summed E-state index contributed by atoms with van der Waals surface area (Å²) in [5.74, 6) is -0.666. The Balaban J connectivity index is 1.47. The van der Waals surface area contributed by atoms with E-state index in [0.717, 1.165) is 21.6 Å². The van der Waals surface area contributed by atoms with Gasteiger partial charge in [0.1, 0.15) is 0 Å². The normalized spacial score (nSPS) is 17.4. The summed E-state index contributed by atoms with van der Waals surface area (Å²) in [6.45, 7) is 1.61. The van der Waals surface area contributed by atoms with Crippen molar-refractivity contribution in [1.29, 1.82) is 0 Å². The largest absolute Gasteiger partial charge is 0.329 e. The molecule has 0 aliphatic carbocycles. The van der Waals surface area contributed by atoms with Crippen molar-refractivity contribution in [2.45, 2.75) is 25.9 Å². The van der Waals surface area contributed by atoms with Gasteiger partial charge >= 0.3 is 6.03 Å². The Bertz CT molecular complexity index is 1080. The number of hydrogen-bond acceptors (Lipinski definition) is 4. The Morgan fingerprint density at radius 1 is 1.13 bits per heavy atom. The third kappa shape index (κ3) is 4.32. The van der Waals surface area contributed by atoms with Gasteiger partial charge in [-0.15, -0.1) is 0 Å². The molecule has 1 saturated heterocycles. The van der Waals surface area contributed by atoms with Gasteiger partial charge in [-0.2, -0.15) is 0 Å². The minimum absolute atomic E-state index is 0.000776. The van der Waals surface area contributed by atoms with Crippen LogP contribution in [0.15, 0.2) is 54.7 Å². The van der Waals surface area contributed by atoms with E-state index in [9.17, 15) is 19.2 Å². The Kier molecular flexibility index (Phi) is 5.53. The molecule has 8 heteroatoms. The number of rotatable bonds is 5. The van der Waals surface area contributed by atoms with Crippen LogP contribution in [-0.2, 0) is 20.9 Å².